The zero-order valence-corrected chi connectivity index (χ0v) is 7.97. The molecule has 0 amide bonds. The number of hydrogen-bond donors (Lipinski definition) is 1. The Hall–Kier alpha value is -0.480. The molecule has 1 unspecified atom stereocenters. The Morgan fingerprint density at radius 2 is 2.17 bits per heavy atom. The van der Waals surface area contributed by atoms with E-state index in [0.717, 1.165) is 12.3 Å². The quantitative estimate of drug-likeness (QED) is 0.630. The molecule has 0 saturated heterocycles. The van der Waals surface area contributed by atoms with Crippen LogP contribution in [0, 0.1) is 18.3 Å². The fourth-order valence-electron chi connectivity index (χ4n) is 1.83. The third-order valence-corrected chi connectivity index (χ3v) is 2.65. The Morgan fingerprint density at radius 1 is 1.50 bits per heavy atom. The molecule has 1 rings (SSSR count). The maximum Gasteiger partial charge on any atom is 0.0238 e. The van der Waals surface area contributed by atoms with Crippen LogP contribution in [-0.2, 0) is 0 Å². The van der Waals surface area contributed by atoms with E-state index < -0.39 is 0 Å². The predicted octanol–water partition coefficient (Wildman–Crippen LogP) is 2.18. The van der Waals surface area contributed by atoms with Crippen LogP contribution in [0.15, 0.2) is 0 Å². The Kier molecular flexibility index (Phi) is 4.18. The highest BCUT2D eigenvalue weighted by Crippen LogP contribution is 2.23. The second-order valence-electron chi connectivity index (χ2n) is 3.87. The molecule has 1 heteroatoms. The number of hydrogen-bond acceptors (Lipinski definition) is 1. The molecule has 1 N–H and O–H groups in total. The van der Waals surface area contributed by atoms with Gasteiger partial charge in [0.2, 0.25) is 0 Å². The zero-order valence-electron chi connectivity index (χ0n) is 7.97. The van der Waals surface area contributed by atoms with Gasteiger partial charge in [-0.1, -0.05) is 12.8 Å². The van der Waals surface area contributed by atoms with Gasteiger partial charge in [0, 0.05) is 12.5 Å². The summed E-state index contributed by atoms with van der Waals surface area (Å²) in [5.74, 6) is 3.60. The summed E-state index contributed by atoms with van der Waals surface area (Å²) >= 11 is 0. The molecule has 1 aliphatic rings. The Morgan fingerprint density at radius 3 is 2.75 bits per heavy atom. The lowest BCUT2D eigenvalue weighted by molar-refractivity contribution is 0.449. The molecule has 0 spiro atoms. The van der Waals surface area contributed by atoms with Gasteiger partial charge in [-0.15, -0.1) is 12.3 Å². The molecule has 1 saturated carbocycles. The van der Waals surface area contributed by atoms with Crippen LogP contribution in [0.1, 0.15) is 39.0 Å². The molecule has 0 aromatic rings. The molecule has 1 fully saturated rings. The minimum absolute atomic E-state index is 0.496. The molecule has 1 aliphatic carbocycles. The second-order valence-corrected chi connectivity index (χ2v) is 3.87. The summed E-state index contributed by atoms with van der Waals surface area (Å²) in [7, 11) is 0. The zero-order chi connectivity index (χ0) is 8.81. The second kappa shape index (κ2) is 5.22. The van der Waals surface area contributed by atoms with Crippen LogP contribution in [0.3, 0.4) is 0 Å². The first-order chi connectivity index (χ1) is 5.83. The molecular weight excluding hydrogens is 146 g/mol. The lowest BCUT2D eigenvalue weighted by atomic mass is 10.1. The summed E-state index contributed by atoms with van der Waals surface area (Å²) in [6.07, 6.45) is 11.8. The normalized spacial score (nSPS) is 20.7. The van der Waals surface area contributed by atoms with Gasteiger partial charge in [-0.3, -0.25) is 0 Å². The van der Waals surface area contributed by atoms with Gasteiger partial charge in [-0.2, -0.15) is 0 Å². The van der Waals surface area contributed by atoms with E-state index in [0.29, 0.717) is 6.04 Å². The Bertz CT molecular complexity index is 151. The standard InChI is InChI=1S/C11H19N/c1-3-6-10(2)12-9-11-7-4-5-8-11/h1,10-12H,4-9H2,2H3. The first kappa shape index (κ1) is 9.61. The van der Waals surface area contributed by atoms with Crippen LogP contribution in [0.25, 0.3) is 0 Å². The van der Waals surface area contributed by atoms with Gasteiger partial charge in [0.05, 0.1) is 0 Å². The molecule has 0 bridgehead atoms. The van der Waals surface area contributed by atoms with E-state index in [1.807, 2.05) is 0 Å². The molecule has 1 atom stereocenters. The Balaban J connectivity index is 2.04. The summed E-state index contributed by atoms with van der Waals surface area (Å²) in [4.78, 5) is 0. The minimum atomic E-state index is 0.496. The molecule has 0 radical (unpaired) electrons. The van der Waals surface area contributed by atoms with Crippen LogP contribution < -0.4 is 5.32 Å². The van der Waals surface area contributed by atoms with Crippen molar-refractivity contribution in [2.24, 2.45) is 5.92 Å². The molecule has 0 aliphatic heterocycles. The third-order valence-electron chi connectivity index (χ3n) is 2.65. The molecule has 68 valence electrons. The Labute approximate surface area is 75.9 Å². The highest BCUT2D eigenvalue weighted by molar-refractivity contribution is 4.88. The van der Waals surface area contributed by atoms with Crippen molar-refractivity contribution in [3.8, 4) is 12.3 Å². The fraction of sp³-hybridized carbons (Fsp3) is 0.818. The SMILES string of the molecule is C#CCC(C)NCC1CCCC1. The third kappa shape index (κ3) is 3.28. The van der Waals surface area contributed by atoms with Crippen molar-refractivity contribution in [2.75, 3.05) is 6.54 Å². The molecule has 0 aromatic carbocycles. The number of terminal acetylenes is 1. The minimum Gasteiger partial charge on any atom is -0.313 e. The van der Waals surface area contributed by atoms with Gasteiger partial charge in [0.25, 0.3) is 0 Å². The number of nitrogens with one attached hydrogen (secondary N) is 1. The van der Waals surface area contributed by atoms with Gasteiger partial charge < -0.3 is 5.32 Å². The molecule has 1 nitrogen and oxygen atoms in total. The van der Waals surface area contributed by atoms with E-state index >= 15 is 0 Å². The van der Waals surface area contributed by atoms with Gasteiger partial charge in [-0.05, 0) is 32.2 Å². The lowest BCUT2D eigenvalue weighted by Crippen LogP contribution is -2.29. The monoisotopic (exact) mass is 165 g/mol. The average molecular weight is 165 g/mol. The smallest absolute Gasteiger partial charge is 0.0238 e. The van der Waals surface area contributed by atoms with E-state index in [2.05, 4.69) is 18.2 Å². The lowest BCUT2D eigenvalue weighted by Gasteiger charge is -2.14. The van der Waals surface area contributed by atoms with Gasteiger partial charge >= 0.3 is 0 Å². The van der Waals surface area contributed by atoms with Gasteiger partial charge in [0.1, 0.15) is 0 Å². The van der Waals surface area contributed by atoms with Crippen molar-refractivity contribution in [3.63, 3.8) is 0 Å². The van der Waals surface area contributed by atoms with E-state index in [-0.39, 0.29) is 0 Å². The summed E-state index contributed by atoms with van der Waals surface area (Å²) in [5, 5.41) is 3.48. The molecular formula is C11H19N. The highest BCUT2D eigenvalue weighted by atomic mass is 14.9. The van der Waals surface area contributed by atoms with Crippen LogP contribution in [0.5, 0.6) is 0 Å². The van der Waals surface area contributed by atoms with Crippen molar-refractivity contribution in [3.05, 3.63) is 0 Å². The van der Waals surface area contributed by atoms with Crippen LogP contribution in [-0.4, -0.2) is 12.6 Å². The van der Waals surface area contributed by atoms with Crippen LogP contribution >= 0.6 is 0 Å². The van der Waals surface area contributed by atoms with Crippen molar-refractivity contribution in [1.29, 1.82) is 0 Å². The maximum atomic E-state index is 5.22. The predicted molar refractivity (Wildman–Crippen MR) is 52.9 cm³/mol. The van der Waals surface area contributed by atoms with Crippen molar-refractivity contribution >= 4 is 0 Å². The van der Waals surface area contributed by atoms with Gasteiger partial charge in [0.15, 0.2) is 0 Å². The summed E-state index contributed by atoms with van der Waals surface area (Å²) < 4.78 is 0. The van der Waals surface area contributed by atoms with Gasteiger partial charge in [-0.25, -0.2) is 0 Å². The van der Waals surface area contributed by atoms with E-state index in [9.17, 15) is 0 Å². The van der Waals surface area contributed by atoms with E-state index in [1.54, 1.807) is 0 Å². The fourth-order valence-corrected chi connectivity index (χ4v) is 1.83. The topological polar surface area (TPSA) is 12.0 Å². The summed E-state index contributed by atoms with van der Waals surface area (Å²) in [6.45, 7) is 3.33. The molecule has 12 heavy (non-hydrogen) atoms. The molecule has 0 aromatic heterocycles. The number of rotatable bonds is 4. The summed E-state index contributed by atoms with van der Waals surface area (Å²) in [5.41, 5.74) is 0. The van der Waals surface area contributed by atoms with E-state index in [1.165, 1.54) is 32.2 Å². The first-order valence-electron chi connectivity index (χ1n) is 4.99. The molecule has 0 heterocycles. The first-order valence-corrected chi connectivity index (χ1v) is 4.99. The van der Waals surface area contributed by atoms with E-state index in [4.69, 9.17) is 6.42 Å². The van der Waals surface area contributed by atoms with Crippen molar-refractivity contribution < 1.29 is 0 Å². The van der Waals surface area contributed by atoms with Crippen molar-refractivity contribution in [2.45, 2.75) is 45.1 Å². The van der Waals surface area contributed by atoms with Crippen molar-refractivity contribution in [1.82, 2.24) is 5.32 Å². The summed E-state index contributed by atoms with van der Waals surface area (Å²) in [6, 6.07) is 0.496. The highest BCUT2D eigenvalue weighted by Gasteiger charge is 2.14. The average Bonchev–Trinajstić information content (AvgIpc) is 2.53. The van der Waals surface area contributed by atoms with Crippen LogP contribution in [0.2, 0.25) is 0 Å². The maximum absolute atomic E-state index is 5.22. The largest absolute Gasteiger partial charge is 0.313 e. The van der Waals surface area contributed by atoms with Crippen LogP contribution in [0.4, 0.5) is 0 Å².